The highest BCUT2D eigenvalue weighted by atomic mass is 16.5. The monoisotopic (exact) mass is 426 g/mol. The van der Waals surface area contributed by atoms with Crippen molar-refractivity contribution in [2.75, 3.05) is 31.8 Å². The molecule has 0 spiro atoms. The van der Waals surface area contributed by atoms with Gasteiger partial charge in [0.05, 0.1) is 12.5 Å². The van der Waals surface area contributed by atoms with Crippen molar-refractivity contribution in [3.63, 3.8) is 0 Å². The van der Waals surface area contributed by atoms with Gasteiger partial charge in [-0.25, -0.2) is 0 Å². The van der Waals surface area contributed by atoms with Gasteiger partial charge >= 0.3 is 5.97 Å². The van der Waals surface area contributed by atoms with Gasteiger partial charge < -0.3 is 18.9 Å². The first-order chi connectivity index (χ1) is 14.9. The zero-order valence-electron chi connectivity index (χ0n) is 18.6. The first kappa shape index (κ1) is 22.7. The lowest BCUT2D eigenvalue weighted by atomic mass is 10.1. The highest BCUT2D eigenvalue weighted by molar-refractivity contribution is 6.01. The van der Waals surface area contributed by atoms with Crippen LogP contribution in [-0.2, 0) is 32.0 Å². The number of hydrogen-bond acceptors (Lipinski definition) is 5. The Labute approximate surface area is 182 Å². The third-order valence-corrected chi connectivity index (χ3v) is 5.86. The predicted molar refractivity (Wildman–Crippen MR) is 117 cm³/mol. The maximum absolute atomic E-state index is 12.7. The van der Waals surface area contributed by atoms with Crippen LogP contribution in [0.5, 0.6) is 0 Å². The van der Waals surface area contributed by atoms with E-state index in [1.54, 1.807) is 12.0 Å². The molecule has 0 bridgehead atoms. The van der Waals surface area contributed by atoms with Gasteiger partial charge in [0.2, 0.25) is 11.7 Å². The third kappa shape index (κ3) is 4.88. The molecule has 31 heavy (non-hydrogen) atoms. The maximum atomic E-state index is 12.7. The van der Waals surface area contributed by atoms with Crippen molar-refractivity contribution in [2.45, 2.75) is 40.2 Å². The molecule has 7 heteroatoms. The van der Waals surface area contributed by atoms with Crippen LogP contribution in [0.2, 0.25) is 0 Å². The molecular formula is C24H30N2O5. The summed E-state index contributed by atoms with van der Waals surface area (Å²) in [6, 6.07) is 9.51. The van der Waals surface area contributed by atoms with Gasteiger partial charge in [0.1, 0.15) is 0 Å². The van der Waals surface area contributed by atoms with Crippen molar-refractivity contribution in [2.24, 2.45) is 5.92 Å². The van der Waals surface area contributed by atoms with Gasteiger partial charge in [-0.2, -0.15) is 0 Å². The fourth-order valence-corrected chi connectivity index (χ4v) is 4.11. The topological polar surface area (TPSA) is 77.8 Å². The highest BCUT2D eigenvalue weighted by Gasteiger charge is 2.37. The van der Waals surface area contributed by atoms with Gasteiger partial charge in [-0.05, 0) is 38.0 Å². The number of esters is 1. The van der Waals surface area contributed by atoms with E-state index >= 15 is 0 Å². The molecule has 0 N–H and O–H groups in total. The minimum atomic E-state index is -0.570. The molecule has 166 valence electrons. The van der Waals surface area contributed by atoms with E-state index in [2.05, 4.69) is 0 Å². The molecule has 0 radical (unpaired) electrons. The van der Waals surface area contributed by atoms with Gasteiger partial charge in [-0.15, -0.1) is 0 Å². The molecule has 1 aliphatic rings. The van der Waals surface area contributed by atoms with Crippen LogP contribution < -0.4 is 4.90 Å². The summed E-state index contributed by atoms with van der Waals surface area (Å²) in [6.07, 6.45) is 0.892. The minimum absolute atomic E-state index is 0.0939. The van der Waals surface area contributed by atoms with Crippen LogP contribution in [0.25, 0.3) is 0 Å². The molecule has 1 atom stereocenters. The van der Waals surface area contributed by atoms with Crippen molar-refractivity contribution in [1.82, 2.24) is 4.57 Å². The fourth-order valence-electron chi connectivity index (χ4n) is 4.11. The summed E-state index contributed by atoms with van der Waals surface area (Å²) in [7, 11) is 1.63. The molecule has 7 nitrogen and oxygen atoms in total. The van der Waals surface area contributed by atoms with E-state index in [1.165, 1.54) is 0 Å². The summed E-state index contributed by atoms with van der Waals surface area (Å²) in [6.45, 7) is 6.97. The average molecular weight is 427 g/mol. The number of amides is 1. The van der Waals surface area contributed by atoms with Gasteiger partial charge in [-0.3, -0.25) is 14.4 Å². The van der Waals surface area contributed by atoms with E-state index in [-0.39, 0.29) is 31.3 Å². The number of ether oxygens (including phenoxy) is 2. The number of ketones is 1. The predicted octanol–water partition coefficient (Wildman–Crippen LogP) is 3.09. The Hall–Kier alpha value is -2.93. The van der Waals surface area contributed by atoms with E-state index < -0.39 is 11.9 Å². The first-order valence-electron chi connectivity index (χ1n) is 10.6. The third-order valence-electron chi connectivity index (χ3n) is 5.86. The number of para-hydroxylation sites is 1. The SMILES string of the molecule is CCc1ccccc1N1C[C@H](C(=O)OCC(=O)c2cc(C)n(CCOC)c2C)CC1=O. The summed E-state index contributed by atoms with van der Waals surface area (Å²) >= 11 is 0. The summed E-state index contributed by atoms with van der Waals surface area (Å²) in [5.74, 6) is -1.43. The van der Waals surface area contributed by atoms with Gasteiger partial charge in [-0.1, -0.05) is 25.1 Å². The molecule has 0 aliphatic carbocycles. The molecule has 3 rings (SSSR count). The van der Waals surface area contributed by atoms with E-state index in [9.17, 15) is 14.4 Å². The van der Waals surface area contributed by atoms with Gasteiger partial charge in [0.15, 0.2) is 6.61 Å². The largest absolute Gasteiger partial charge is 0.457 e. The second kappa shape index (κ2) is 9.92. The molecule has 1 aromatic heterocycles. The fraction of sp³-hybridized carbons (Fsp3) is 0.458. The summed E-state index contributed by atoms with van der Waals surface area (Å²) in [5.41, 5.74) is 4.22. The Balaban J connectivity index is 1.61. The Morgan fingerprint density at radius 2 is 1.94 bits per heavy atom. The summed E-state index contributed by atoms with van der Waals surface area (Å²) in [5, 5.41) is 0. The number of nitrogens with zero attached hydrogens (tertiary/aromatic N) is 2. The molecule has 0 unspecified atom stereocenters. The van der Waals surface area contributed by atoms with Crippen LogP contribution in [-0.4, -0.2) is 49.1 Å². The second-order valence-corrected chi connectivity index (χ2v) is 7.85. The number of aromatic nitrogens is 1. The Kier molecular flexibility index (Phi) is 7.28. The molecule has 1 amide bonds. The van der Waals surface area contributed by atoms with Crippen LogP contribution in [0.1, 0.15) is 40.7 Å². The smallest absolute Gasteiger partial charge is 0.311 e. The average Bonchev–Trinajstić information content (AvgIpc) is 3.29. The Morgan fingerprint density at radius 1 is 1.19 bits per heavy atom. The number of aryl methyl sites for hydroxylation is 2. The first-order valence-corrected chi connectivity index (χ1v) is 10.6. The van der Waals surface area contributed by atoms with Crippen molar-refractivity contribution in [1.29, 1.82) is 0 Å². The lowest BCUT2D eigenvalue weighted by Gasteiger charge is -2.19. The second-order valence-electron chi connectivity index (χ2n) is 7.85. The van der Waals surface area contributed by atoms with Crippen molar-refractivity contribution < 1.29 is 23.9 Å². The minimum Gasteiger partial charge on any atom is -0.457 e. The Bertz CT molecular complexity index is 978. The van der Waals surface area contributed by atoms with Crippen LogP contribution in [0.4, 0.5) is 5.69 Å². The van der Waals surface area contributed by atoms with E-state index in [4.69, 9.17) is 9.47 Å². The number of hydrogen-bond donors (Lipinski definition) is 0. The molecular weight excluding hydrogens is 396 g/mol. The van der Waals surface area contributed by atoms with Crippen molar-refractivity contribution in [3.8, 4) is 0 Å². The molecule has 1 fully saturated rings. The quantitative estimate of drug-likeness (QED) is 0.455. The number of carbonyl (C=O) groups excluding carboxylic acids is 3. The van der Waals surface area contributed by atoms with Crippen molar-refractivity contribution in [3.05, 3.63) is 52.8 Å². The molecule has 0 saturated carbocycles. The summed E-state index contributed by atoms with van der Waals surface area (Å²) < 4.78 is 12.4. The van der Waals surface area contributed by atoms with Crippen LogP contribution in [0.15, 0.2) is 30.3 Å². The van der Waals surface area contributed by atoms with Crippen LogP contribution in [0, 0.1) is 19.8 Å². The van der Waals surface area contributed by atoms with Gasteiger partial charge in [0, 0.05) is 49.3 Å². The zero-order valence-corrected chi connectivity index (χ0v) is 18.6. The normalized spacial score (nSPS) is 16.1. The van der Waals surface area contributed by atoms with E-state index in [0.29, 0.717) is 18.7 Å². The standard InChI is InChI=1S/C24H30N2O5/c1-5-18-8-6-7-9-21(18)26-14-19(13-23(26)28)24(29)31-15-22(27)20-12-16(2)25(17(20)3)10-11-30-4/h6-9,12,19H,5,10-11,13-15H2,1-4H3/t19-/m1/s1. The highest BCUT2D eigenvalue weighted by Crippen LogP contribution is 2.29. The number of Topliss-reactive ketones (excluding diaryl/α,β-unsaturated/α-hetero) is 1. The number of carbonyl (C=O) groups is 3. The molecule has 2 aromatic rings. The van der Waals surface area contributed by atoms with Crippen molar-refractivity contribution >= 4 is 23.3 Å². The molecule has 1 aromatic carbocycles. The maximum Gasteiger partial charge on any atom is 0.311 e. The zero-order chi connectivity index (χ0) is 22.5. The van der Waals surface area contributed by atoms with Crippen LogP contribution in [0.3, 0.4) is 0 Å². The summed E-state index contributed by atoms with van der Waals surface area (Å²) in [4.78, 5) is 39.4. The molecule has 1 saturated heterocycles. The number of rotatable bonds is 9. The lowest BCUT2D eigenvalue weighted by Crippen LogP contribution is -2.28. The molecule has 2 heterocycles. The van der Waals surface area contributed by atoms with E-state index in [1.807, 2.05) is 55.7 Å². The number of anilines is 1. The number of methoxy groups -OCH3 is 1. The molecule has 1 aliphatic heterocycles. The van der Waals surface area contributed by atoms with Gasteiger partial charge in [0.25, 0.3) is 0 Å². The Morgan fingerprint density at radius 3 is 2.65 bits per heavy atom. The van der Waals surface area contributed by atoms with Crippen LogP contribution >= 0.6 is 0 Å². The lowest BCUT2D eigenvalue weighted by molar-refractivity contribution is -0.147. The van der Waals surface area contributed by atoms with E-state index in [0.717, 1.165) is 29.1 Å². The number of benzene rings is 1.